The Morgan fingerprint density at radius 3 is 2.86 bits per heavy atom. The number of carbonyl (C=O) groups excluding carboxylic acids is 1. The van der Waals surface area contributed by atoms with Crippen molar-refractivity contribution >= 4 is 5.91 Å². The third-order valence-corrected chi connectivity index (χ3v) is 3.56. The topological polar surface area (TPSA) is 46.9 Å². The van der Waals surface area contributed by atoms with Crippen LogP contribution in [0.15, 0.2) is 24.4 Å². The average molecular weight is 295 g/mol. The Morgan fingerprint density at radius 2 is 2.05 bits per heavy atom. The quantitative estimate of drug-likeness (QED) is 0.862. The highest BCUT2D eigenvalue weighted by Crippen LogP contribution is 2.17. The van der Waals surface area contributed by atoms with E-state index in [1.54, 1.807) is 6.20 Å². The zero-order chi connectivity index (χ0) is 15.0. The van der Waals surface area contributed by atoms with Crippen molar-refractivity contribution in [3.05, 3.63) is 53.1 Å². The normalized spacial score (nSPS) is 17.4. The average Bonchev–Trinajstić information content (AvgIpc) is 2.92. The van der Waals surface area contributed by atoms with Crippen LogP contribution in [0.25, 0.3) is 0 Å². The van der Waals surface area contributed by atoms with E-state index in [0.29, 0.717) is 19.4 Å². The first kappa shape index (κ1) is 13.7. The molecule has 1 amide bonds. The van der Waals surface area contributed by atoms with Crippen LogP contribution in [0.1, 0.15) is 22.5 Å². The fraction of sp³-hybridized carbons (Fsp3) is 0.286. The lowest BCUT2D eigenvalue weighted by atomic mass is 10.0. The van der Waals surface area contributed by atoms with Crippen molar-refractivity contribution in [3.8, 4) is 0 Å². The number of hydrogen-bond acceptors (Lipinski definition) is 2. The van der Waals surface area contributed by atoms with E-state index in [9.17, 15) is 18.0 Å². The fourth-order valence-electron chi connectivity index (χ4n) is 2.46. The van der Waals surface area contributed by atoms with Gasteiger partial charge in [-0.3, -0.25) is 9.48 Å². The molecule has 7 heteroatoms. The Kier molecular flexibility index (Phi) is 3.40. The van der Waals surface area contributed by atoms with Gasteiger partial charge in [0.1, 0.15) is 0 Å². The Bertz CT molecular complexity index is 699. The van der Waals surface area contributed by atoms with Gasteiger partial charge in [0.2, 0.25) is 0 Å². The number of rotatable bonds is 2. The van der Waals surface area contributed by atoms with E-state index >= 15 is 0 Å². The molecule has 0 saturated carbocycles. The number of nitrogens with zero attached hydrogens (tertiary/aromatic N) is 2. The van der Waals surface area contributed by atoms with Crippen molar-refractivity contribution in [3.63, 3.8) is 0 Å². The van der Waals surface area contributed by atoms with Crippen LogP contribution in [0.3, 0.4) is 0 Å². The van der Waals surface area contributed by atoms with Crippen molar-refractivity contribution in [1.82, 2.24) is 15.1 Å². The molecule has 1 atom stereocenters. The van der Waals surface area contributed by atoms with Crippen molar-refractivity contribution in [2.24, 2.45) is 0 Å². The summed E-state index contributed by atoms with van der Waals surface area (Å²) in [7, 11) is 0. The molecule has 3 rings (SSSR count). The lowest BCUT2D eigenvalue weighted by Crippen LogP contribution is -2.40. The second kappa shape index (κ2) is 5.23. The van der Waals surface area contributed by atoms with E-state index in [1.165, 1.54) is 0 Å². The molecular formula is C14H12F3N3O. The molecule has 1 N–H and O–H groups in total. The van der Waals surface area contributed by atoms with E-state index < -0.39 is 28.9 Å². The maximum absolute atomic E-state index is 13.6. The molecule has 4 nitrogen and oxygen atoms in total. The van der Waals surface area contributed by atoms with Gasteiger partial charge in [-0.25, -0.2) is 13.2 Å². The number of amides is 1. The lowest BCUT2D eigenvalue weighted by Gasteiger charge is -2.24. The van der Waals surface area contributed by atoms with E-state index in [0.717, 1.165) is 17.8 Å². The van der Waals surface area contributed by atoms with Gasteiger partial charge in [-0.05, 0) is 24.6 Å². The highest BCUT2D eigenvalue weighted by atomic mass is 19.2. The number of aryl methyl sites for hydroxylation is 1. The molecule has 2 heterocycles. The molecule has 0 radical (unpaired) electrons. The van der Waals surface area contributed by atoms with Crippen molar-refractivity contribution in [1.29, 1.82) is 0 Å². The minimum absolute atomic E-state index is 0.186. The maximum atomic E-state index is 13.6. The van der Waals surface area contributed by atoms with Crippen LogP contribution < -0.4 is 5.32 Å². The first-order chi connectivity index (χ1) is 10.1. The summed E-state index contributed by atoms with van der Waals surface area (Å²) in [5, 5.41) is 6.76. The lowest BCUT2D eigenvalue weighted by molar-refractivity contribution is 0.0925. The van der Waals surface area contributed by atoms with Crippen LogP contribution >= 0.6 is 0 Å². The van der Waals surface area contributed by atoms with Gasteiger partial charge in [-0.1, -0.05) is 0 Å². The molecule has 0 saturated heterocycles. The molecule has 1 aromatic carbocycles. The molecule has 0 aliphatic carbocycles. The van der Waals surface area contributed by atoms with Crippen LogP contribution in [0.4, 0.5) is 13.2 Å². The van der Waals surface area contributed by atoms with Crippen LogP contribution in [0.5, 0.6) is 0 Å². The van der Waals surface area contributed by atoms with E-state index in [2.05, 4.69) is 10.4 Å². The Labute approximate surface area is 118 Å². The van der Waals surface area contributed by atoms with Crippen molar-refractivity contribution in [2.75, 3.05) is 0 Å². The molecule has 1 aliphatic rings. The second-order valence-corrected chi connectivity index (χ2v) is 4.93. The summed E-state index contributed by atoms with van der Waals surface area (Å²) in [6.45, 7) is 0.646. The highest BCUT2D eigenvalue weighted by Gasteiger charge is 2.24. The third-order valence-electron chi connectivity index (χ3n) is 3.56. The third kappa shape index (κ3) is 2.51. The zero-order valence-electron chi connectivity index (χ0n) is 10.9. The molecule has 0 fully saturated rings. The first-order valence-electron chi connectivity index (χ1n) is 6.51. The van der Waals surface area contributed by atoms with E-state index in [-0.39, 0.29) is 6.04 Å². The van der Waals surface area contributed by atoms with Gasteiger partial charge in [0.25, 0.3) is 5.91 Å². The van der Waals surface area contributed by atoms with E-state index in [4.69, 9.17) is 0 Å². The summed E-state index contributed by atoms with van der Waals surface area (Å²) in [6.07, 6.45) is 2.89. The van der Waals surface area contributed by atoms with Gasteiger partial charge in [-0.15, -0.1) is 0 Å². The van der Waals surface area contributed by atoms with Gasteiger partial charge >= 0.3 is 0 Å². The summed E-state index contributed by atoms with van der Waals surface area (Å²) >= 11 is 0. The number of halogens is 3. The number of aromatic nitrogens is 2. The molecular weight excluding hydrogens is 283 g/mol. The maximum Gasteiger partial charge on any atom is 0.254 e. The van der Waals surface area contributed by atoms with Crippen LogP contribution in [-0.4, -0.2) is 21.7 Å². The Balaban J connectivity index is 1.74. The van der Waals surface area contributed by atoms with Gasteiger partial charge in [-0.2, -0.15) is 5.10 Å². The minimum atomic E-state index is -1.63. The number of carbonyl (C=O) groups is 1. The number of nitrogens with one attached hydrogen (secondary N) is 1. The second-order valence-electron chi connectivity index (χ2n) is 4.93. The number of benzene rings is 1. The smallest absolute Gasteiger partial charge is 0.254 e. The predicted molar refractivity (Wildman–Crippen MR) is 68.1 cm³/mol. The zero-order valence-corrected chi connectivity index (χ0v) is 10.9. The van der Waals surface area contributed by atoms with Crippen LogP contribution in [-0.2, 0) is 13.0 Å². The SMILES string of the molecule is O=C(NC1CCn2nccc2C1)c1ccc(F)c(F)c1F. The number of fused-ring (bicyclic) bond motifs is 1. The largest absolute Gasteiger partial charge is 0.349 e. The van der Waals surface area contributed by atoms with Crippen LogP contribution in [0, 0.1) is 17.5 Å². The summed E-state index contributed by atoms with van der Waals surface area (Å²) in [6, 6.07) is 3.34. The van der Waals surface area contributed by atoms with Crippen LogP contribution in [0.2, 0.25) is 0 Å². The standard InChI is InChI=1S/C14H12F3N3O/c15-11-2-1-10(12(16)13(11)17)14(21)19-8-4-6-20-9(7-8)3-5-18-20/h1-3,5,8H,4,6-7H2,(H,19,21). The summed E-state index contributed by atoms with van der Waals surface area (Å²) < 4.78 is 41.4. The summed E-state index contributed by atoms with van der Waals surface area (Å²) in [5.41, 5.74) is 0.477. The molecule has 110 valence electrons. The van der Waals surface area contributed by atoms with Gasteiger partial charge in [0.05, 0.1) is 5.56 Å². The molecule has 1 aliphatic heterocycles. The predicted octanol–water partition coefficient (Wildman–Crippen LogP) is 2.05. The molecule has 1 aromatic heterocycles. The number of hydrogen-bond donors (Lipinski definition) is 1. The monoisotopic (exact) mass is 295 g/mol. The van der Waals surface area contributed by atoms with Crippen molar-refractivity contribution < 1.29 is 18.0 Å². The van der Waals surface area contributed by atoms with Gasteiger partial charge in [0.15, 0.2) is 17.5 Å². The van der Waals surface area contributed by atoms with Gasteiger partial charge < -0.3 is 5.32 Å². The minimum Gasteiger partial charge on any atom is -0.349 e. The summed E-state index contributed by atoms with van der Waals surface area (Å²) in [4.78, 5) is 12.0. The fourth-order valence-corrected chi connectivity index (χ4v) is 2.46. The molecule has 1 unspecified atom stereocenters. The molecule has 0 bridgehead atoms. The molecule has 2 aromatic rings. The first-order valence-corrected chi connectivity index (χ1v) is 6.51. The molecule has 21 heavy (non-hydrogen) atoms. The van der Waals surface area contributed by atoms with Gasteiger partial charge in [0, 0.05) is 30.9 Å². The molecule has 0 spiro atoms. The Morgan fingerprint density at radius 1 is 1.24 bits per heavy atom. The summed E-state index contributed by atoms with van der Waals surface area (Å²) in [5.74, 6) is -5.16. The highest BCUT2D eigenvalue weighted by molar-refractivity contribution is 5.94. The van der Waals surface area contributed by atoms with Crippen molar-refractivity contribution in [2.45, 2.75) is 25.4 Å². The Hall–Kier alpha value is -2.31. The van der Waals surface area contributed by atoms with E-state index in [1.807, 2.05) is 10.7 Å².